The van der Waals surface area contributed by atoms with Gasteiger partial charge < -0.3 is 10.4 Å². The summed E-state index contributed by atoms with van der Waals surface area (Å²) >= 11 is 3.27. The number of aromatic carboxylic acids is 1. The number of carbonyl (C=O) groups is 1. The number of hydrogen-bond acceptors (Lipinski definition) is 4. The van der Waals surface area contributed by atoms with Gasteiger partial charge in [-0.1, -0.05) is 13.0 Å². The number of thioether (sulfide) groups is 1. The highest BCUT2D eigenvalue weighted by molar-refractivity contribution is 7.99. The molecule has 0 unspecified atom stereocenters. The molecule has 0 fully saturated rings. The topological polar surface area (TPSA) is 49.3 Å². The Balaban J connectivity index is 2.22. The van der Waals surface area contributed by atoms with Crippen LogP contribution in [0.15, 0.2) is 35.2 Å². The molecule has 20 heavy (non-hydrogen) atoms. The zero-order chi connectivity index (χ0) is 14.5. The largest absolute Gasteiger partial charge is 0.478 e. The van der Waals surface area contributed by atoms with Gasteiger partial charge in [-0.05, 0) is 36.9 Å². The number of nitrogens with one attached hydrogen (secondary N) is 1. The number of carboxylic acid groups (broad SMARTS) is 1. The molecule has 1 aromatic heterocycles. The quantitative estimate of drug-likeness (QED) is 0.773. The molecule has 0 saturated carbocycles. The van der Waals surface area contributed by atoms with Gasteiger partial charge in [0.25, 0.3) is 0 Å². The van der Waals surface area contributed by atoms with Gasteiger partial charge in [0.05, 0.1) is 11.3 Å². The van der Waals surface area contributed by atoms with E-state index < -0.39 is 5.97 Å². The van der Waals surface area contributed by atoms with E-state index in [0.29, 0.717) is 17.8 Å². The van der Waals surface area contributed by atoms with Crippen molar-refractivity contribution in [1.82, 2.24) is 0 Å². The number of rotatable bonds is 6. The molecule has 3 nitrogen and oxygen atoms in total. The highest BCUT2D eigenvalue weighted by atomic mass is 32.2. The van der Waals surface area contributed by atoms with E-state index in [2.05, 4.69) is 24.4 Å². The first-order chi connectivity index (χ1) is 9.61. The number of thiophene rings is 1. The van der Waals surface area contributed by atoms with Crippen molar-refractivity contribution < 1.29 is 9.90 Å². The summed E-state index contributed by atoms with van der Waals surface area (Å²) in [4.78, 5) is 14.8. The number of aryl methyl sites for hydroxylation is 1. The Hall–Kier alpha value is -1.46. The van der Waals surface area contributed by atoms with Crippen LogP contribution in [-0.4, -0.2) is 16.8 Å². The van der Waals surface area contributed by atoms with E-state index >= 15 is 0 Å². The Morgan fingerprint density at radius 2 is 2.15 bits per heavy atom. The van der Waals surface area contributed by atoms with Crippen LogP contribution in [0.2, 0.25) is 0 Å². The Bertz CT molecular complexity index is 608. The van der Waals surface area contributed by atoms with Gasteiger partial charge in [-0.15, -0.1) is 23.1 Å². The van der Waals surface area contributed by atoms with Gasteiger partial charge in [0.2, 0.25) is 0 Å². The third kappa shape index (κ3) is 3.55. The van der Waals surface area contributed by atoms with E-state index in [9.17, 15) is 9.90 Å². The zero-order valence-electron chi connectivity index (χ0n) is 11.5. The molecule has 0 aliphatic rings. The maximum Gasteiger partial charge on any atom is 0.338 e. The highest BCUT2D eigenvalue weighted by Crippen LogP contribution is 2.29. The van der Waals surface area contributed by atoms with Crippen molar-refractivity contribution >= 4 is 34.8 Å². The molecular formula is C15H17NO2S2. The molecule has 0 saturated heterocycles. The third-order valence-corrected chi connectivity index (χ3v) is 4.73. The average molecular weight is 307 g/mol. The SMILES string of the molecule is CCSc1cccc(NCc2ccc(C)s2)c1C(=O)O. The summed E-state index contributed by atoms with van der Waals surface area (Å²) in [5, 5.41) is 12.7. The minimum atomic E-state index is -0.883. The summed E-state index contributed by atoms with van der Waals surface area (Å²) in [6, 6.07) is 9.72. The van der Waals surface area contributed by atoms with E-state index in [1.54, 1.807) is 23.1 Å². The Labute approximate surface area is 127 Å². The minimum absolute atomic E-state index is 0.368. The molecule has 1 heterocycles. The van der Waals surface area contributed by atoms with Crippen LogP contribution in [0.1, 0.15) is 27.0 Å². The van der Waals surface area contributed by atoms with Crippen molar-refractivity contribution in [3.63, 3.8) is 0 Å². The molecule has 5 heteroatoms. The highest BCUT2D eigenvalue weighted by Gasteiger charge is 2.15. The summed E-state index contributed by atoms with van der Waals surface area (Å²) in [5.41, 5.74) is 1.05. The van der Waals surface area contributed by atoms with Crippen LogP contribution in [0.25, 0.3) is 0 Å². The van der Waals surface area contributed by atoms with Crippen LogP contribution in [0, 0.1) is 6.92 Å². The second kappa shape index (κ2) is 6.81. The smallest absolute Gasteiger partial charge is 0.338 e. The van der Waals surface area contributed by atoms with Gasteiger partial charge in [-0.25, -0.2) is 4.79 Å². The second-order valence-corrected chi connectivity index (χ2v) is 6.96. The minimum Gasteiger partial charge on any atom is -0.478 e. The van der Waals surface area contributed by atoms with Crippen molar-refractivity contribution in [2.24, 2.45) is 0 Å². The molecule has 0 bridgehead atoms. The lowest BCUT2D eigenvalue weighted by molar-refractivity contribution is 0.0694. The lowest BCUT2D eigenvalue weighted by Crippen LogP contribution is -2.07. The van der Waals surface area contributed by atoms with E-state index in [1.807, 2.05) is 25.1 Å². The van der Waals surface area contributed by atoms with Crippen LogP contribution in [0.3, 0.4) is 0 Å². The first-order valence-corrected chi connectivity index (χ1v) is 8.20. The molecule has 0 aliphatic heterocycles. The lowest BCUT2D eigenvalue weighted by atomic mass is 10.1. The molecular weight excluding hydrogens is 290 g/mol. The third-order valence-electron chi connectivity index (χ3n) is 2.79. The molecule has 0 aliphatic carbocycles. The van der Waals surface area contributed by atoms with Crippen molar-refractivity contribution in [2.75, 3.05) is 11.1 Å². The monoisotopic (exact) mass is 307 g/mol. The number of hydrogen-bond donors (Lipinski definition) is 2. The molecule has 106 valence electrons. The van der Waals surface area contributed by atoms with Gasteiger partial charge in [-0.3, -0.25) is 0 Å². The van der Waals surface area contributed by atoms with Crippen LogP contribution in [-0.2, 0) is 6.54 Å². The van der Waals surface area contributed by atoms with Crippen LogP contribution in [0.5, 0.6) is 0 Å². The van der Waals surface area contributed by atoms with Crippen LogP contribution in [0.4, 0.5) is 5.69 Å². The van der Waals surface area contributed by atoms with E-state index in [4.69, 9.17) is 0 Å². The number of anilines is 1. The molecule has 2 N–H and O–H groups in total. The maximum atomic E-state index is 11.5. The van der Waals surface area contributed by atoms with Gasteiger partial charge in [-0.2, -0.15) is 0 Å². The summed E-state index contributed by atoms with van der Waals surface area (Å²) in [6.45, 7) is 4.74. The first-order valence-electron chi connectivity index (χ1n) is 6.40. The Morgan fingerprint density at radius 1 is 1.35 bits per heavy atom. The fraction of sp³-hybridized carbons (Fsp3) is 0.267. The summed E-state index contributed by atoms with van der Waals surface area (Å²) in [6.07, 6.45) is 0. The second-order valence-electron chi connectivity index (χ2n) is 4.28. The van der Waals surface area contributed by atoms with Crippen molar-refractivity contribution in [1.29, 1.82) is 0 Å². The van der Waals surface area contributed by atoms with Crippen molar-refractivity contribution in [3.05, 3.63) is 45.6 Å². The number of carboxylic acids is 1. The van der Waals surface area contributed by atoms with Crippen LogP contribution < -0.4 is 5.32 Å². The Morgan fingerprint density at radius 3 is 2.75 bits per heavy atom. The molecule has 0 amide bonds. The molecule has 1 aromatic carbocycles. The summed E-state index contributed by atoms with van der Waals surface area (Å²) in [7, 11) is 0. The average Bonchev–Trinajstić information content (AvgIpc) is 2.82. The summed E-state index contributed by atoms with van der Waals surface area (Å²) in [5.74, 6) is -0.0279. The molecule has 0 spiro atoms. The lowest BCUT2D eigenvalue weighted by Gasteiger charge is -2.12. The van der Waals surface area contributed by atoms with E-state index in [1.165, 1.54) is 9.75 Å². The predicted octanol–water partition coefficient (Wildman–Crippen LogP) is 4.48. The summed E-state index contributed by atoms with van der Waals surface area (Å²) < 4.78 is 0. The molecule has 2 rings (SSSR count). The predicted molar refractivity (Wildman–Crippen MR) is 86.2 cm³/mol. The van der Waals surface area contributed by atoms with Gasteiger partial charge in [0, 0.05) is 21.2 Å². The number of benzene rings is 1. The van der Waals surface area contributed by atoms with Crippen molar-refractivity contribution in [2.45, 2.75) is 25.3 Å². The maximum absolute atomic E-state index is 11.5. The zero-order valence-corrected chi connectivity index (χ0v) is 13.1. The fourth-order valence-electron chi connectivity index (χ4n) is 1.94. The van der Waals surface area contributed by atoms with E-state index in [-0.39, 0.29) is 0 Å². The molecule has 2 aromatic rings. The van der Waals surface area contributed by atoms with Crippen molar-refractivity contribution in [3.8, 4) is 0 Å². The van der Waals surface area contributed by atoms with Gasteiger partial charge >= 0.3 is 5.97 Å². The normalized spacial score (nSPS) is 10.5. The van der Waals surface area contributed by atoms with Gasteiger partial charge in [0.1, 0.15) is 0 Å². The Kier molecular flexibility index (Phi) is 5.09. The standard InChI is InChI=1S/C15H17NO2S2/c1-3-19-13-6-4-5-12(14(13)15(17)18)16-9-11-8-7-10(2)20-11/h4-8,16H,3,9H2,1-2H3,(H,17,18). The van der Waals surface area contributed by atoms with Crippen LogP contribution >= 0.6 is 23.1 Å². The first kappa shape index (κ1) is 14.9. The van der Waals surface area contributed by atoms with Gasteiger partial charge in [0.15, 0.2) is 0 Å². The fourth-order valence-corrected chi connectivity index (χ4v) is 3.59. The molecule has 0 atom stereocenters. The van der Waals surface area contributed by atoms with E-state index in [0.717, 1.165) is 10.6 Å². The molecule has 0 radical (unpaired) electrons.